The van der Waals surface area contributed by atoms with E-state index in [9.17, 15) is 0 Å². The van der Waals surface area contributed by atoms with Crippen molar-refractivity contribution in [2.24, 2.45) is 0 Å². The van der Waals surface area contributed by atoms with E-state index >= 15 is 0 Å². The zero-order valence-electron chi connectivity index (χ0n) is 14.4. The van der Waals surface area contributed by atoms with Gasteiger partial charge in [0.2, 0.25) is 0 Å². The fraction of sp³-hybridized carbons (Fsp3) is 0.684. The molecular weight excluding hydrogens is 256 g/mol. The van der Waals surface area contributed by atoms with Gasteiger partial charge in [0.15, 0.2) is 0 Å². The third kappa shape index (κ3) is 3.32. The van der Waals surface area contributed by atoms with Crippen LogP contribution in [0.5, 0.6) is 0 Å². The zero-order valence-corrected chi connectivity index (χ0v) is 14.4. The molecule has 0 radical (unpaired) electrons. The van der Waals surface area contributed by atoms with E-state index in [0.717, 1.165) is 19.0 Å². The third-order valence-electron chi connectivity index (χ3n) is 5.42. The maximum absolute atomic E-state index is 3.54. The Morgan fingerprint density at radius 2 is 1.71 bits per heavy atom. The summed E-state index contributed by atoms with van der Waals surface area (Å²) in [6.45, 7) is 11.4. The van der Waals surface area contributed by atoms with Crippen LogP contribution < -0.4 is 5.32 Å². The Kier molecular flexibility index (Phi) is 5.45. The monoisotopic (exact) mass is 288 g/mol. The first-order chi connectivity index (χ1) is 10.0. The molecule has 0 spiro atoms. The molecule has 0 aromatic heterocycles. The average molecular weight is 288 g/mol. The average Bonchev–Trinajstić information content (AvgIpc) is 2.40. The standard InChI is InChI=1S/C19H32N2/c1-6-21(7-2)19(3,4)18(20-5)17-13-11-16(12-14-17)15-9-8-10-15/h11-15,18,20H,6-10H2,1-5H3. The van der Waals surface area contributed by atoms with Gasteiger partial charge in [0.1, 0.15) is 0 Å². The number of rotatable bonds is 7. The predicted molar refractivity (Wildman–Crippen MR) is 91.8 cm³/mol. The molecule has 1 fully saturated rings. The summed E-state index contributed by atoms with van der Waals surface area (Å²) >= 11 is 0. The van der Waals surface area contributed by atoms with Crippen molar-refractivity contribution in [3.63, 3.8) is 0 Å². The minimum absolute atomic E-state index is 0.107. The van der Waals surface area contributed by atoms with Gasteiger partial charge in [-0.05, 0) is 63.9 Å². The summed E-state index contributed by atoms with van der Waals surface area (Å²) in [6.07, 6.45) is 4.15. The molecule has 1 unspecified atom stereocenters. The Morgan fingerprint density at radius 1 is 1.14 bits per heavy atom. The van der Waals surface area contributed by atoms with E-state index < -0.39 is 0 Å². The van der Waals surface area contributed by atoms with Gasteiger partial charge >= 0.3 is 0 Å². The Hall–Kier alpha value is -0.860. The zero-order chi connectivity index (χ0) is 15.5. The molecule has 0 heterocycles. The summed E-state index contributed by atoms with van der Waals surface area (Å²) in [4.78, 5) is 2.54. The molecule has 2 nitrogen and oxygen atoms in total. The molecule has 0 amide bonds. The summed E-state index contributed by atoms with van der Waals surface area (Å²) in [6, 6.07) is 9.72. The van der Waals surface area contributed by atoms with E-state index in [1.165, 1.54) is 30.4 Å². The van der Waals surface area contributed by atoms with Crippen LogP contribution >= 0.6 is 0 Å². The first-order valence-corrected chi connectivity index (χ1v) is 8.56. The van der Waals surface area contributed by atoms with Gasteiger partial charge in [-0.2, -0.15) is 0 Å². The Morgan fingerprint density at radius 3 is 2.10 bits per heavy atom. The van der Waals surface area contributed by atoms with Crippen LogP contribution in [0.1, 0.15) is 70.0 Å². The van der Waals surface area contributed by atoms with Crippen molar-refractivity contribution in [2.75, 3.05) is 20.1 Å². The number of nitrogens with one attached hydrogen (secondary N) is 1. The lowest BCUT2D eigenvalue weighted by Crippen LogP contribution is -2.51. The summed E-state index contributed by atoms with van der Waals surface area (Å²) in [5.74, 6) is 0.822. The molecule has 1 N–H and O–H groups in total. The van der Waals surface area contributed by atoms with Gasteiger partial charge in [0.05, 0.1) is 0 Å². The van der Waals surface area contributed by atoms with Crippen molar-refractivity contribution >= 4 is 0 Å². The van der Waals surface area contributed by atoms with E-state index in [1.54, 1.807) is 0 Å². The van der Waals surface area contributed by atoms with Crippen LogP contribution in [0.4, 0.5) is 0 Å². The molecule has 1 aromatic carbocycles. The predicted octanol–water partition coefficient (Wildman–Crippen LogP) is 4.34. The summed E-state index contributed by atoms with van der Waals surface area (Å²) in [5, 5.41) is 3.54. The van der Waals surface area contributed by atoms with Gasteiger partial charge in [-0.1, -0.05) is 44.5 Å². The Labute approximate surface area is 130 Å². The van der Waals surface area contributed by atoms with Crippen LogP contribution in [0.3, 0.4) is 0 Å². The van der Waals surface area contributed by atoms with Crippen LogP contribution in [-0.4, -0.2) is 30.6 Å². The van der Waals surface area contributed by atoms with Gasteiger partial charge in [-0.3, -0.25) is 4.90 Å². The number of benzene rings is 1. The molecule has 1 aliphatic rings. The Bertz CT molecular complexity index is 427. The largest absolute Gasteiger partial charge is 0.311 e. The highest BCUT2D eigenvalue weighted by Gasteiger charge is 2.34. The number of hydrogen-bond donors (Lipinski definition) is 1. The van der Waals surface area contributed by atoms with Crippen LogP contribution in [0.15, 0.2) is 24.3 Å². The lowest BCUT2D eigenvalue weighted by molar-refractivity contribution is 0.0944. The van der Waals surface area contributed by atoms with Crippen molar-refractivity contribution in [2.45, 2.75) is 64.5 Å². The van der Waals surface area contributed by atoms with E-state index in [2.05, 4.69) is 69.2 Å². The highest BCUT2D eigenvalue weighted by atomic mass is 15.2. The second-order valence-corrected chi connectivity index (χ2v) is 6.84. The fourth-order valence-electron chi connectivity index (χ4n) is 3.85. The highest BCUT2D eigenvalue weighted by Crippen LogP contribution is 2.37. The van der Waals surface area contributed by atoms with Crippen LogP contribution in [0.25, 0.3) is 0 Å². The molecule has 2 rings (SSSR count). The van der Waals surface area contributed by atoms with E-state index in [4.69, 9.17) is 0 Å². The third-order valence-corrected chi connectivity index (χ3v) is 5.42. The molecule has 21 heavy (non-hydrogen) atoms. The van der Waals surface area contributed by atoms with Crippen molar-refractivity contribution in [3.8, 4) is 0 Å². The van der Waals surface area contributed by atoms with E-state index in [1.807, 2.05) is 0 Å². The van der Waals surface area contributed by atoms with E-state index in [-0.39, 0.29) is 5.54 Å². The summed E-state index contributed by atoms with van der Waals surface area (Å²) in [7, 11) is 2.08. The van der Waals surface area contributed by atoms with Gasteiger partial charge in [-0.25, -0.2) is 0 Å². The number of nitrogens with zero attached hydrogens (tertiary/aromatic N) is 1. The SMILES string of the molecule is CCN(CC)C(C)(C)C(NC)c1ccc(C2CCC2)cc1. The van der Waals surface area contributed by atoms with Crippen molar-refractivity contribution in [1.82, 2.24) is 10.2 Å². The molecule has 1 aromatic rings. The fourth-order valence-corrected chi connectivity index (χ4v) is 3.85. The molecule has 2 heteroatoms. The van der Waals surface area contributed by atoms with Gasteiger partial charge in [0, 0.05) is 11.6 Å². The first-order valence-electron chi connectivity index (χ1n) is 8.56. The molecule has 0 saturated heterocycles. The minimum Gasteiger partial charge on any atom is -0.311 e. The molecule has 0 aliphatic heterocycles. The molecular formula is C19H32N2. The topological polar surface area (TPSA) is 15.3 Å². The number of likely N-dealkylation sites (N-methyl/N-ethyl adjacent to an activating group) is 2. The highest BCUT2D eigenvalue weighted by molar-refractivity contribution is 5.30. The van der Waals surface area contributed by atoms with Crippen molar-refractivity contribution < 1.29 is 0 Å². The van der Waals surface area contributed by atoms with Crippen molar-refractivity contribution in [1.29, 1.82) is 0 Å². The molecule has 1 saturated carbocycles. The van der Waals surface area contributed by atoms with Crippen LogP contribution in [-0.2, 0) is 0 Å². The van der Waals surface area contributed by atoms with Gasteiger partial charge < -0.3 is 5.32 Å². The summed E-state index contributed by atoms with van der Waals surface area (Å²) in [5.41, 5.74) is 3.04. The quantitative estimate of drug-likeness (QED) is 0.803. The molecule has 0 bridgehead atoms. The second kappa shape index (κ2) is 6.93. The normalized spacial score (nSPS) is 17.8. The smallest absolute Gasteiger partial charge is 0.0499 e. The maximum Gasteiger partial charge on any atom is 0.0499 e. The maximum atomic E-state index is 3.54. The van der Waals surface area contributed by atoms with Crippen LogP contribution in [0.2, 0.25) is 0 Å². The van der Waals surface area contributed by atoms with Gasteiger partial charge in [-0.15, -0.1) is 0 Å². The van der Waals surface area contributed by atoms with Crippen LogP contribution in [0, 0.1) is 0 Å². The molecule has 118 valence electrons. The lowest BCUT2D eigenvalue weighted by atomic mass is 9.79. The van der Waals surface area contributed by atoms with Gasteiger partial charge in [0.25, 0.3) is 0 Å². The Balaban J connectivity index is 2.19. The number of hydrogen-bond acceptors (Lipinski definition) is 2. The first kappa shape index (κ1) is 16.5. The second-order valence-electron chi connectivity index (χ2n) is 6.84. The molecule has 1 atom stereocenters. The molecule has 1 aliphatic carbocycles. The lowest BCUT2D eigenvalue weighted by Gasteiger charge is -2.43. The minimum atomic E-state index is 0.107. The van der Waals surface area contributed by atoms with E-state index in [0.29, 0.717) is 6.04 Å². The summed E-state index contributed by atoms with van der Waals surface area (Å²) < 4.78 is 0. The van der Waals surface area contributed by atoms with Crippen molar-refractivity contribution in [3.05, 3.63) is 35.4 Å².